The van der Waals surface area contributed by atoms with Crippen LogP contribution in [-0.2, 0) is 4.74 Å². The highest BCUT2D eigenvalue weighted by atomic mass is 16.6. The lowest BCUT2D eigenvalue weighted by molar-refractivity contribution is 0.0588. The molecule has 100 valence electrons. The Kier molecular flexibility index (Phi) is 4.00. The summed E-state index contributed by atoms with van der Waals surface area (Å²) in [6.45, 7) is 5.31. The number of pyridine rings is 1. The number of anilines is 1. The quantitative estimate of drug-likeness (QED) is 0.872. The molecule has 6 nitrogen and oxygen atoms in total. The molecule has 0 atom stereocenters. The molecule has 6 heteroatoms. The first-order valence-corrected chi connectivity index (χ1v) is 5.48. The number of aromatic nitrogens is 1. The Labute approximate surface area is 106 Å². The minimum absolute atomic E-state index is 0.0749. The van der Waals surface area contributed by atoms with E-state index in [2.05, 4.69) is 4.98 Å². The number of nitrogens with one attached hydrogen (secondary N) is 1. The highest BCUT2D eigenvalue weighted by molar-refractivity contribution is 5.89. The second kappa shape index (κ2) is 5.12. The zero-order valence-corrected chi connectivity index (χ0v) is 11.2. The highest BCUT2D eigenvalue weighted by Gasteiger charge is 2.23. The summed E-state index contributed by atoms with van der Waals surface area (Å²) < 4.78 is 10.2. The minimum atomic E-state index is -0.597. The van der Waals surface area contributed by atoms with Crippen LogP contribution in [0.2, 0.25) is 0 Å². The first-order valence-electron chi connectivity index (χ1n) is 5.48. The molecular weight excluding hydrogens is 236 g/mol. The van der Waals surface area contributed by atoms with Crippen LogP contribution in [0.15, 0.2) is 17.1 Å². The zero-order valence-electron chi connectivity index (χ0n) is 11.2. The molecule has 0 fully saturated rings. The van der Waals surface area contributed by atoms with E-state index in [0.717, 1.165) is 0 Å². The summed E-state index contributed by atoms with van der Waals surface area (Å²) in [6.07, 6.45) is 0.896. The molecule has 1 heterocycles. The molecule has 1 N–H and O–H groups in total. The van der Waals surface area contributed by atoms with Crippen LogP contribution in [0.3, 0.4) is 0 Å². The molecule has 1 aromatic rings. The number of hydrogen-bond donors (Lipinski definition) is 1. The average Bonchev–Trinajstić information content (AvgIpc) is 2.25. The summed E-state index contributed by atoms with van der Waals surface area (Å²) in [5, 5.41) is 0. The van der Waals surface area contributed by atoms with Crippen LogP contribution in [0.25, 0.3) is 0 Å². The van der Waals surface area contributed by atoms with Crippen LogP contribution in [0.1, 0.15) is 20.8 Å². The first-order chi connectivity index (χ1) is 8.26. The number of hydrogen-bond acceptors (Lipinski definition) is 4. The topological polar surface area (TPSA) is 71.6 Å². The fourth-order valence-electron chi connectivity index (χ4n) is 1.34. The van der Waals surface area contributed by atoms with Gasteiger partial charge in [0.1, 0.15) is 5.60 Å². The molecule has 1 amide bonds. The van der Waals surface area contributed by atoms with E-state index < -0.39 is 17.3 Å². The van der Waals surface area contributed by atoms with Crippen molar-refractivity contribution in [1.29, 1.82) is 0 Å². The molecule has 0 saturated heterocycles. The van der Waals surface area contributed by atoms with Crippen LogP contribution >= 0.6 is 0 Å². The van der Waals surface area contributed by atoms with Gasteiger partial charge in [-0.05, 0) is 26.8 Å². The van der Waals surface area contributed by atoms with Crippen molar-refractivity contribution in [3.05, 3.63) is 22.6 Å². The number of amides is 1. The minimum Gasteiger partial charge on any atom is -0.490 e. The van der Waals surface area contributed by atoms with Gasteiger partial charge in [-0.25, -0.2) is 4.79 Å². The van der Waals surface area contributed by atoms with Gasteiger partial charge in [-0.1, -0.05) is 0 Å². The third-order valence-electron chi connectivity index (χ3n) is 2.13. The Bertz CT molecular complexity index is 488. The molecular formula is C12H18N2O4. The van der Waals surface area contributed by atoms with Crippen molar-refractivity contribution in [1.82, 2.24) is 4.98 Å². The van der Waals surface area contributed by atoms with Gasteiger partial charge < -0.3 is 14.5 Å². The smallest absolute Gasteiger partial charge is 0.414 e. The molecule has 0 aliphatic heterocycles. The normalized spacial score (nSPS) is 10.9. The predicted octanol–water partition coefficient (Wildman–Crippen LogP) is 1.75. The first kappa shape index (κ1) is 14.1. The van der Waals surface area contributed by atoms with Crippen molar-refractivity contribution in [3.8, 4) is 5.75 Å². The molecule has 0 bridgehead atoms. The summed E-state index contributed by atoms with van der Waals surface area (Å²) in [5.74, 6) is 0.0749. The van der Waals surface area contributed by atoms with E-state index in [-0.39, 0.29) is 5.75 Å². The molecule has 1 rings (SSSR count). The van der Waals surface area contributed by atoms with Crippen LogP contribution in [0.5, 0.6) is 5.75 Å². The number of rotatable bonds is 2. The van der Waals surface area contributed by atoms with E-state index >= 15 is 0 Å². The van der Waals surface area contributed by atoms with Gasteiger partial charge in [0.25, 0.3) is 5.56 Å². The Morgan fingerprint density at radius 2 is 2.00 bits per heavy atom. The van der Waals surface area contributed by atoms with Crippen molar-refractivity contribution >= 4 is 11.8 Å². The monoisotopic (exact) mass is 254 g/mol. The summed E-state index contributed by atoms with van der Waals surface area (Å²) >= 11 is 0. The maximum atomic E-state index is 11.9. The summed E-state index contributed by atoms with van der Waals surface area (Å²) in [6, 6.07) is 1.57. The third kappa shape index (κ3) is 3.26. The Balaban J connectivity index is 3.04. The molecule has 1 aromatic heterocycles. The van der Waals surface area contributed by atoms with Crippen molar-refractivity contribution in [2.75, 3.05) is 19.1 Å². The van der Waals surface area contributed by atoms with Crippen molar-refractivity contribution in [2.24, 2.45) is 0 Å². The van der Waals surface area contributed by atoms with Gasteiger partial charge in [0.2, 0.25) is 5.75 Å². The van der Waals surface area contributed by atoms with Crippen molar-refractivity contribution < 1.29 is 14.3 Å². The van der Waals surface area contributed by atoms with Crippen LogP contribution in [-0.4, -0.2) is 30.8 Å². The van der Waals surface area contributed by atoms with Gasteiger partial charge in [0.15, 0.2) is 0 Å². The lowest BCUT2D eigenvalue weighted by Crippen LogP contribution is -2.35. The standard InChI is InChI=1S/C12H18N2O4/c1-12(2,3)18-11(16)14(4)8-6-7-13-10(15)9(8)17-5/h6-7H,1-5H3,(H,13,15). The summed E-state index contributed by atoms with van der Waals surface area (Å²) in [4.78, 5) is 27.1. The van der Waals surface area contributed by atoms with Crippen molar-refractivity contribution in [3.63, 3.8) is 0 Å². The third-order valence-corrected chi connectivity index (χ3v) is 2.13. The SMILES string of the molecule is COc1c(N(C)C(=O)OC(C)(C)C)cc[nH]c1=O. The largest absolute Gasteiger partial charge is 0.490 e. The Hall–Kier alpha value is -1.98. The molecule has 0 unspecified atom stereocenters. The van der Waals surface area contributed by atoms with Crippen LogP contribution < -0.4 is 15.2 Å². The fourth-order valence-corrected chi connectivity index (χ4v) is 1.34. The lowest BCUT2D eigenvalue weighted by atomic mass is 10.2. The predicted molar refractivity (Wildman–Crippen MR) is 68.3 cm³/mol. The lowest BCUT2D eigenvalue weighted by Gasteiger charge is -2.25. The van der Waals surface area contributed by atoms with E-state index in [1.807, 2.05) is 0 Å². The number of carbonyl (C=O) groups is 1. The Morgan fingerprint density at radius 3 is 2.50 bits per heavy atom. The molecule has 18 heavy (non-hydrogen) atoms. The van der Waals surface area contributed by atoms with Gasteiger partial charge in [0.05, 0.1) is 12.8 Å². The van der Waals surface area contributed by atoms with Crippen molar-refractivity contribution in [2.45, 2.75) is 26.4 Å². The summed E-state index contributed by atoms with van der Waals surface area (Å²) in [7, 11) is 2.89. The van der Waals surface area contributed by atoms with Crippen LogP contribution in [0, 0.1) is 0 Å². The molecule has 0 spiro atoms. The number of methoxy groups -OCH3 is 1. The van der Waals surface area contributed by atoms with Gasteiger partial charge >= 0.3 is 6.09 Å². The van der Waals surface area contributed by atoms with E-state index in [9.17, 15) is 9.59 Å². The zero-order chi connectivity index (χ0) is 13.9. The van der Waals surface area contributed by atoms with Gasteiger partial charge in [-0.2, -0.15) is 0 Å². The number of carbonyl (C=O) groups excluding carboxylic acids is 1. The number of aromatic amines is 1. The molecule has 0 aliphatic carbocycles. The second-order valence-electron chi connectivity index (χ2n) is 4.76. The fraction of sp³-hybridized carbons (Fsp3) is 0.500. The number of ether oxygens (including phenoxy) is 2. The molecule has 0 radical (unpaired) electrons. The van der Waals surface area contributed by atoms with Gasteiger partial charge in [-0.15, -0.1) is 0 Å². The van der Waals surface area contributed by atoms with E-state index in [4.69, 9.17) is 9.47 Å². The van der Waals surface area contributed by atoms with Gasteiger partial charge in [-0.3, -0.25) is 9.69 Å². The van der Waals surface area contributed by atoms with Gasteiger partial charge in [0, 0.05) is 13.2 Å². The maximum Gasteiger partial charge on any atom is 0.414 e. The van der Waals surface area contributed by atoms with E-state index in [1.54, 1.807) is 26.8 Å². The van der Waals surface area contributed by atoms with E-state index in [0.29, 0.717) is 5.69 Å². The van der Waals surface area contributed by atoms with E-state index in [1.165, 1.54) is 25.3 Å². The number of H-pyrrole nitrogens is 1. The number of nitrogens with zero attached hydrogens (tertiary/aromatic N) is 1. The molecule has 0 aromatic carbocycles. The second-order valence-corrected chi connectivity index (χ2v) is 4.76. The maximum absolute atomic E-state index is 11.9. The molecule has 0 saturated carbocycles. The average molecular weight is 254 g/mol. The summed E-state index contributed by atoms with van der Waals surface area (Å²) in [5.41, 5.74) is -0.638. The van der Waals surface area contributed by atoms with Crippen LogP contribution in [0.4, 0.5) is 10.5 Å². The molecule has 0 aliphatic rings. The Morgan fingerprint density at radius 1 is 1.39 bits per heavy atom. The highest BCUT2D eigenvalue weighted by Crippen LogP contribution is 2.23.